The average Bonchev–Trinajstić information content (AvgIpc) is 3.01. The first kappa shape index (κ1) is 17.6. The molecule has 0 spiro atoms. The predicted molar refractivity (Wildman–Crippen MR) is 97.0 cm³/mol. The number of aromatic nitrogens is 3. The van der Waals surface area contributed by atoms with Crippen LogP contribution in [0.15, 0.2) is 30.6 Å². The van der Waals surface area contributed by atoms with Crippen molar-refractivity contribution in [2.75, 3.05) is 20.1 Å². The van der Waals surface area contributed by atoms with E-state index in [1.807, 2.05) is 37.0 Å². The first-order valence-corrected chi connectivity index (χ1v) is 8.91. The summed E-state index contributed by atoms with van der Waals surface area (Å²) in [5, 5.41) is 7.44. The Hall–Kier alpha value is -2.21. The minimum absolute atomic E-state index is 0.0580. The molecule has 0 bridgehead atoms. The quantitative estimate of drug-likeness (QED) is 0.902. The smallest absolute Gasteiger partial charge is 0.224 e. The van der Waals surface area contributed by atoms with Gasteiger partial charge in [0, 0.05) is 31.7 Å². The van der Waals surface area contributed by atoms with Gasteiger partial charge in [-0.25, -0.2) is 0 Å². The molecule has 2 atom stereocenters. The highest BCUT2D eigenvalue weighted by Crippen LogP contribution is 2.34. The molecule has 3 heterocycles. The number of hydrogen-bond donors (Lipinski definition) is 1. The van der Waals surface area contributed by atoms with E-state index in [0.29, 0.717) is 24.9 Å². The molecule has 2 aromatic heterocycles. The Morgan fingerprint density at radius 2 is 2.16 bits per heavy atom. The number of pyridine rings is 1. The van der Waals surface area contributed by atoms with Crippen molar-refractivity contribution in [2.45, 2.75) is 32.2 Å². The lowest BCUT2D eigenvalue weighted by atomic mass is 9.87. The molecular weight excluding hydrogens is 314 g/mol. The molecule has 134 valence electrons. The molecule has 0 radical (unpaired) electrons. The monoisotopic (exact) mass is 341 g/mol. The number of carbonyl (C=O) groups is 1. The Bertz CT molecular complexity index is 709. The van der Waals surface area contributed by atoms with Gasteiger partial charge in [-0.2, -0.15) is 5.10 Å². The Kier molecular flexibility index (Phi) is 5.48. The van der Waals surface area contributed by atoms with Crippen LogP contribution in [0.3, 0.4) is 0 Å². The van der Waals surface area contributed by atoms with Crippen molar-refractivity contribution in [1.82, 2.24) is 25.0 Å². The second-order valence-corrected chi connectivity index (χ2v) is 7.00. The van der Waals surface area contributed by atoms with E-state index in [9.17, 15) is 4.79 Å². The number of nitrogens with one attached hydrogen (secondary N) is 1. The number of rotatable bonds is 5. The largest absolute Gasteiger partial charge is 0.355 e. The van der Waals surface area contributed by atoms with Crippen LogP contribution in [0.1, 0.15) is 35.8 Å². The van der Waals surface area contributed by atoms with Crippen molar-refractivity contribution in [1.29, 1.82) is 0 Å². The fourth-order valence-corrected chi connectivity index (χ4v) is 3.71. The number of piperidine rings is 1. The topological polar surface area (TPSA) is 63.1 Å². The SMILES string of the molecule is Cc1ccc(CC(=O)NC[C@@H]2CCCN(C)[C@H]2c2ccnn2C)cn1. The first-order valence-electron chi connectivity index (χ1n) is 8.91. The minimum atomic E-state index is 0.0580. The molecule has 1 amide bonds. The molecule has 1 fully saturated rings. The van der Waals surface area contributed by atoms with Crippen LogP contribution in [-0.4, -0.2) is 45.7 Å². The molecule has 6 nitrogen and oxygen atoms in total. The second kappa shape index (κ2) is 7.78. The molecule has 1 aliphatic heterocycles. The molecule has 0 unspecified atom stereocenters. The zero-order valence-electron chi connectivity index (χ0n) is 15.3. The summed E-state index contributed by atoms with van der Waals surface area (Å²) in [5.41, 5.74) is 3.13. The highest BCUT2D eigenvalue weighted by atomic mass is 16.1. The number of hydrogen-bond acceptors (Lipinski definition) is 4. The van der Waals surface area contributed by atoms with Crippen molar-refractivity contribution in [3.63, 3.8) is 0 Å². The summed E-state index contributed by atoms with van der Waals surface area (Å²) in [6, 6.07) is 6.29. The van der Waals surface area contributed by atoms with Gasteiger partial charge in [0.25, 0.3) is 0 Å². The van der Waals surface area contributed by atoms with Gasteiger partial charge in [-0.3, -0.25) is 19.4 Å². The van der Waals surface area contributed by atoms with Gasteiger partial charge in [0.1, 0.15) is 0 Å². The number of amides is 1. The van der Waals surface area contributed by atoms with Gasteiger partial charge < -0.3 is 5.32 Å². The molecule has 1 saturated heterocycles. The molecule has 25 heavy (non-hydrogen) atoms. The Balaban J connectivity index is 1.61. The van der Waals surface area contributed by atoms with E-state index in [2.05, 4.69) is 33.4 Å². The summed E-state index contributed by atoms with van der Waals surface area (Å²) in [7, 11) is 4.14. The third-order valence-electron chi connectivity index (χ3n) is 5.07. The van der Waals surface area contributed by atoms with Gasteiger partial charge in [0.2, 0.25) is 5.91 Å². The van der Waals surface area contributed by atoms with Gasteiger partial charge in [-0.15, -0.1) is 0 Å². The molecule has 1 N–H and O–H groups in total. The van der Waals surface area contributed by atoms with E-state index in [0.717, 1.165) is 30.6 Å². The Morgan fingerprint density at radius 1 is 1.32 bits per heavy atom. The van der Waals surface area contributed by atoms with Crippen molar-refractivity contribution < 1.29 is 4.79 Å². The minimum Gasteiger partial charge on any atom is -0.355 e. The van der Waals surface area contributed by atoms with Crippen molar-refractivity contribution in [2.24, 2.45) is 13.0 Å². The maximum atomic E-state index is 12.3. The summed E-state index contributed by atoms with van der Waals surface area (Å²) in [5.74, 6) is 0.455. The molecular formula is C19H27N5O. The lowest BCUT2D eigenvalue weighted by Crippen LogP contribution is -2.42. The van der Waals surface area contributed by atoms with E-state index in [1.165, 1.54) is 5.69 Å². The number of likely N-dealkylation sites (tertiary alicyclic amines) is 1. The molecule has 1 aliphatic rings. The van der Waals surface area contributed by atoms with Crippen molar-refractivity contribution in [3.8, 4) is 0 Å². The van der Waals surface area contributed by atoms with Crippen LogP contribution >= 0.6 is 0 Å². The van der Waals surface area contributed by atoms with Gasteiger partial charge in [0.05, 0.1) is 18.2 Å². The molecule has 0 aliphatic carbocycles. The molecule has 6 heteroatoms. The van der Waals surface area contributed by atoms with Crippen LogP contribution in [0, 0.1) is 12.8 Å². The second-order valence-electron chi connectivity index (χ2n) is 7.00. The number of carbonyl (C=O) groups excluding carboxylic acids is 1. The fraction of sp³-hybridized carbons (Fsp3) is 0.526. The van der Waals surface area contributed by atoms with Crippen LogP contribution < -0.4 is 5.32 Å². The third kappa shape index (κ3) is 4.25. The Labute approximate surface area is 149 Å². The van der Waals surface area contributed by atoms with Crippen LogP contribution in [0.25, 0.3) is 0 Å². The first-order chi connectivity index (χ1) is 12.0. The van der Waals surface area contributed by atoms with Gasteiger partial charge in [-0.05, 0) is 57.0 Å². The van der Waals surface area contributed by atoms with Crippen molar-refractivity contribution in [3.05, 3.63) is 47.5 Å². The number of aryl methyl sites for hydroxylation is 2. The number of nitrogens with zero attached hydrogens (tertiary/aromatic N) is 4. The molecule has 3 rings (SSSR count). The normalized spacial score (nSPS) is 21.2. The van der Waals surface area contributed by atoms with E-state index < -0.39 is 0 Å². The maximum Gasteiger partial charge on any atom is 0.224 e. The maximum absolute atomic E-state index is 12.3. The van der Waals surface area contributed by atoms with E-state index in [-0.39, 0.29) is 5.91 Å². The van der Waals surface area contributed by atoms with E-state index >= 15 is 0 Å². The molecule has 0 saturated carbocycles. The predicted octanol–water partition coefficient (Wildman–Crippen LogP) is 1.87. The third-order valence-corrected chi connectivity index (χ3v) is 5.07. The molecule has 2 aromatic rings. The standard InChI is InChI=1S/C19H27N5O/c1-14-6-7-15(12-20-14)11-18(25)21-13-16-5-4-10-23(2)19(16)17-8-9-22-24(17)3/h6-9,12,16,19H,4-5,10-11,13H2,1-3H3,(H,21,25)/t16-,19+/m0/s1. The summed E-state index contributed by atoms with van der Waals surface area (Å²) >= 11 is 0. The van der Waals surface area contributed by atoms with Crippen LogP contribution in [0.5, 0.6) is 0 Å². The van der Waals surface area contributed by atoms with Crippen LogP contribution in [-0.2, 0) is 18.3 Å². The average molecular weight is 341 g/mol. The van der Waals surface area contributed by atoms with Gasteiger partial charge in [0.15, 0.2) is 0 Å². The molecule has 0 aromatic carbocycles. The lowest BCUT2D eigenvalue weighted by molar-refractivity contribution is -0.120. The van der Waals surface area contributed by atoms with Crippen LogP contribution in [0.2, 0.25) is 0 Å². The van der Waals surface area contributed by atoms with Gasteiger partial charge >= 0.3 is 0 Å². The lowest BCUT2D eigenvalue weighted by Gasteiger charge is -2.39. The fourth-order valence-electron chi connectivity index (χ4n) is 3.71. The van der Waals surface area contributed by atoms with E-state index in [1.54, 1.807) is 6.20 Å². The van der Waals surface area contributed by atoms with Crippen LogP contribution in [0.4, 0.5) is 0 Å². The summed E-state index contributed by atoms with van der Waals surface area (Å²) in [4.78, 5) is 18.9. The Morgan fingerprint density at radius 3 is 2.84 bits per heavy atom. The highest BCUT2D eigenvalue weighted by Gasteiger charge is 2.32. The van der Waals surface area contributed by atoms with Gasteiger partial charge in [-0.1, -0.05) is 6.07 Å². The van der Waals surface area contributed by atoms with Crippen molar-refractivity contribution >= 4 is 5.91 Å². The zero-order chi connectivity index (χ0) is 17.8. The summed E-state index contributed by atoms with van der Waals surface area (Å²) in [6.45, 7) is 3.72. The zero-order valence-corrected chi connectivity index (χ0v) is 15.3. The summed E-state index contributed by atoms with van der Waals surface area (Å²) in [6.07, 6.45) is 6.28. The van der Waals surface area contributed by atoms with E-state index in [4.69, 9.17) is 0 Å². The highest BCUT2D eigenvalue weighted by molar-refractivity contribution is 5.78. The summed E-state index contributed by atoms with van der Waals surface area (Å²) < 4.78 is 1.94.